The lowest BCUT2D eigenvalue weighted by atomic mass is 10.1. The van der Waals surface area contributed by atoms with E-state index in [1.807, 2.05) is 25.1 Å². The lowest BCUT2D eigenvalue weighted by Crippen LogP contribution is -2.06. The van der Waals surface area contributed by atoms with Crippen LogP contribution in [0.25, 0.3) is 6.08 Å². The van der Waals surface area contributed by atoms with Gasteiger partial charge in [0.05, 0.1) is 18.7 Å². The Bertz CT molecular complexity index is 1010. The fraction of sp³-hybridized carbons (Fsp3) is 0.273. The topological polar surface area (TPSA) is 57.1 Å². The van der Waals surface area contributed by atoms with Gasteiger partial charge in [0, 0.05) is 9.13 Å². The molecule has 0 spiro atoms. The average molecular weight is 526 g/mol. The van der Waals surface area contributed by atoms with E-state index in [0.717, 1.165) is 14.7 Å². The van der Waals surface area contributed by atoms with Gasteiger partial charge in [-0.15, -0.1) is 0 Å². The molecule has 1 aliphatic heterocycles. The quantitative estimate of drug-likeness (QED) is 0.278. The van der Waals surface area contributed by atoms with Gasteiger partial charge in [-0.1, -0.05) is 25.4 Å². The van der Waals surface area contributed by atoms with Crippen molar-refractivity contribution >= 4 is 52.1 Å². The van der Waals surface area contributed by atoms with E-state index in [2.05, 4.69) is 41.4 Å². The van der Waals surface area contributed by atoms with Crippen molar-refractivity contribution in [1.29, 1.82) is 0 Å². The van der Waals surface area contributed by atoms with Gasteiger partial charge < -0.3 is 14.2 Å². The van der Waals surface area contributed by atoms with Crippen molar-refractivity contribution in [2.75, 3.05) is 13.7 Å². The largest absolute Gasteiger partial charge is 0.493 e. The van der Waals surface area contributed by atoms with Gasteiger partial charge in [-0.05, 0) is 83.0 Å². The zero-order chi connectivity index (χ0) is 21.1. The minimum absolute atomic E-state index is 0.199. The van der Waals surface area contributed by atoms with Gasteiger partial charge in [0.25, 0.3) is 0 Å². The van der Waals surface area contributed by atoms with E-state index in [0.29, 0.717) is 34.6 Å². The maximum Gasteiger partial charge on any atom is 0.363 e. The van der Waals surface area contributed by atoms with Crippen LogP contribution in [0.2, 0.25) is 5.02 Å². The number of benzene rings is 2. The summed E-state index contributed by atoms with van der Waals surface area (Å²) >= 11 is 8.64. The molecule has 0 N–H and O–H groups in total. The van der Waals surface area contributed by atoms with Crippen molar-refractivity contribution in [2.45, 2.75) is 20.8 Å². The Kier molecular flexibility index (Phi) is 6.85. The standard InChI is InChI=1S/C22H21ClINO4/c1-12(2)11-28-20-16(23)8-14(10-19(20)27-4)9-18-22(26)29-21(25-18)15-5-6-17(24)13(3)7-15/h5-10,12H,11H2,1-4H3/b18-9-. The van der Waals surface area contributed by atoms with E-state index in [-0.39, 0.29) is 11.6 Å². The molecule has 29 heavy (non-hydrogen) atoms. The highest BCUT2D eigenvalue weighted by Crippen LogP contribution is 2.37. The number of methoxy groups -OCH3 is 1. The molecule has 0 fully saturated rings. The van der Waals surface area contributed by atoms with Gasteiger partial charge in [0.2, 0.25) is 5.90 Å². The molecule has 152 valence electrons. The van der Waals surface area contributed by atoms with Crippen LogP contribution >= 0.6 is 34.2 Å². The van der Waals surface area contributed by atoms with Crippen LogP contribution in [0, 0.1) is 16.4 Å². The zero-order valence-corrected chi connectivity index (χ0v) is 19.5. The maximum atomic E-state index is 12.3. The number of hydrogen-bond acceptors (Lipinski definition) is 5. The summed E-state index contributed by atoms with van der Waals surface area (Å²) < 4.78 is 17.7. The van der Waals surface area contributed by atoms with E-state index in [9.17, 15) is 4.79 Å². The number of aryl methyl sites for hydroxylation is 1. The van der Waals surface area contributed by atoms with Crippen molar-refractivity contribution in [2.24, 2.45) is 10.9 Å². The predicted octanol–water partition coefficient (Wildman–Crippen LogP) is 5.64. The van der Waals surface area contributed by atoms with Crippen LogP contribution in [-0.4, -0.2) is 25.6 Å². The van der Waals surface area contributed by atoms with E-state index in [4.69, 9.17) is 25.8 Å². The Hall–Kier alpha value is -2.06. The highest BCUT2D eigenvalue weighted by Gasteiger charge is 2.25. The van der Waals surface area contributed by atoms with Crippen molar-refractivity contribution in [3.63, 3.8) is 0 Å². The summed E-state index contributed by atoms with van der Waals surface area (Å²) in [6.45, 7) is 6.62. The van der Waals surface area contributed by atoms with Crippen molar-refractivity contribution < 1.29 is 19.0 Å². The number of esters is 1. The smallest absolute Gasteiger partial charge is 0.363 e. The molecule has 3 rings (SSSR count). The van der Waals surface area contributed by atoms with Gasteiger partial charge in [0.1, 0.15) is 0 Å². The lowest BCUT2D eigenvalue weighted by Gasteiger charge is -2.14. The van der Waals surface area contributed by atoms with Gasteiger partial charge in [-0.3, -0.25) is 0 Å². The molecular formula is C22H21ClINO4. The number of carbonyl (C=O) groups is 1. The number of cyclic esters (lactones) is 1. The zero-order valence-electron chi connectivity index (χ0n) is 16.6. The number of aliphatic imine (C=N–C) groups is 1. The van der Waals surface area contributed by atoms with Gasteiger partial charge in [0.15, 0.2) is 17.2 Å². The second-order valence-electron chi connectivity index (χ2n) is 7.04. The summed E-state index contributed by atoms with van der Waals surface area (Å²) in [5.74, 6) is 1.11. The first-order valence-corrected chi connectivity index (χ1v) is 10.5. The minimum atomic E-state index is -0.508. The number of halogens is 2. The number of carbonyl (C=O) groups excluding carboxylic acids is 1. The molecule has 0 radical (unpaired) electrons. The Morgan fingerprint density at radius 2 is 2.03 bits per heavy atom. The summed E-state index contributed by atoms with van der Waals surface area (Å²) in [5.41, 5.74) is 2.71. The van der Waals surface area contributed by atoms with Gasteiger partial charge in [-0.25, -0.2) is 9.79 Å². The number of hydrogen-bond donors (Lipinski definition) is 0. The molecule has 0 amide bonds. The third-order valence-electron chi connectivity index (χ3n) is 4.14. The molecule has 1 heterocycles. The van der Waals surface area contributed by atoms with Crippen LogP contribution < -0.4 is 9.47 Å². The summed E-state index contributed by atoms with van der Waals surface area (Å²) in [6.07, 6.45) is 1.62. The van der Waals surface area contributed by atoms with Crippen LogP contribution in [0.15, 0.2) is 41.0 Å². The van der Waals surface area contributed by atoms with Crippen LogP contribution in [0.3, 0.4) is 0 Å². The Labute approximate surface area is 188 Å². The second kappa shape index (κ2) is 9.17. The molecule has 0 unspecified atom stereocenters. The summed E-state index contributed by atoms with van der Waals surface area (Å²) in [6, 6.07) is 9.25. The first-order chi connectivity index (χ1) is 13.8. The van der Waals surface area contributed by atoms with E-state index < -0.39 is 5.97 Å². The first kappa shape index (κ1) is 21.6. The van der Waals surface area contributed by atoms with E-state index in [1.54, 1.807) is 25.3 Å². The van der Waals surface area contributed by atoms with Gasteiger partial charge in [-0.2, -0.15) is 0 Å². The molecular weight excluding hydrogens is 505 g/mol. The Morgan fingerprint density at radius 1 is 1.28 bits per heavy atom. The monoisotopic (exact) mass is 525 g/mol. The number of nitrogens with zero attached hydrogens (tertiary/aromatic N) is 1. The molecule has 7 heteroatoms. The predicted molar refractivity (Wildman–Crippen MR) is 123 cm³/mol. The number of ether oxygens (including phenoxy) is 3. The lowest BCUT2D eigenvalue weighted by molar-refractivity contribution is -0.129. The maximum absolute atomic E-state index is 12.3. The molecule has 0 atom stereocenters. The molecule has 0 bridgehead atoms. The van der Waals surface area contributed by atoms with Crippen molar-refractivity contribution in [3.05, 3.63) is 61.3 Å². The SMILES string of the molecule is COc1cc(/C=C2\N=C(c3ccc(I)c(C)c3)OC2=O)cc(Cl)c1OCC(C)C. The molecule has 0 aliphatic carbocycles. The molecule has 1 aliphatic rings. The highest BCUT2D eigenvalue weighted by atomic mass is 127. The molecule has 2 aromatic rings. The Balaban J connectivity index is 1.92. The average Bonchev–Trinajstić information content (AvgIpc) is 3.03. The van der Waals surface area contributed by atoms with E-state index in [1.165, 1.54) is 0 Å². The second-order valence-corrected chi connectivity index (χ2v) is 8.61. The van der Waals surface area contributed by atoms with Crippen molar-refractivity contribution in [3.8, 4) is 11.5 Å². The van der Waals surface area contributed by atoms with Crippen LogP contribution in [0.4, 0.5) is 0 Å². The highest BCUT2D eigenvalue weighted by molar-refractivity contribution is 14.1. The summed E-state index contributed by atoms with van der Waals surface area (Å²) in [5, 5.41) is 0.403. The van der Waals surface area contributed by atoms with Crippen molar-refractivity contribution in [1.82, 2.24) is 0 Å². The third-order valence-corrected chi connectivity index (χ3v) is 5.63. The molecule has 0 saturated heterocycles. The van der Waals surface area contributed by atoms with Crippen LogP contribution in [0.5, 0.6) is 11.5 Å². The van der Waals surface area contributed by atoms with Crippen LogP contribution in [0.1, 0.15) is 30.5 Å². The first-order valence-electron chi connectivity index (χ1n) is 9.08. The fourth-order valence-corrected chi connectivity index (χ4v) is 3.29. The fourth-order valence-electron chi connectivity index (χ4n) is 2.68. The minimum Gasteiger partial charge on any atom is -0.493 e. The molecule has 2 aromatic carbocycles. The Morgan fingerprint density at radius 3 is 2.69 bits per heavy atom. The summed E-state index contributed by atoms with van der Waals surface area (Å²) in [4.78, 5) is 16.7. The van der Waals surface area contributed by atoms with E-state index >= 15 is 0 Å². The van der Waals surface area contributed by atoms with Crippen LogP contribution in [-0.2, 0) is 9.53 Å². The summed E-state index contributed by atoms with van der Waals surface area (Å²) in [7, 11) is 1.55. The third kappa shape index (κ3) is 5.11. The normalized spacial score (nSPS) is 14.9. The molecule has 0 saturated carbocycles. The molecule has 0 aromatic heterocycles. The molecule has 5 nitrogen and oxygen atoms in total. The van der Waals surface area contributed by atoms with Gasteiger partial charge >= 0.3 is 5.97 Å². The number of rotatable bonds is 6.